The third-order valence-corrected chi connectivity index (χ3v) is 32.2. The Bertz CT molecular complexity index is 914. The van der Waals surface area contributed by atoms with Crippen molar-refractivity contribution >= 4 is 28.6 Å². The highest BCUT2D eigenvalue weighted by atomic mass is 31.3. The molecular formula is C51H108O4P4. The number of hydrogen-bond donors (Lipinski definition) is 0. The number of hydrogen-bond acceptors (Lipinski definition) is 4. The summed E-state index contributed by atoms with van der Waals surface area (Å²) in [6, 6.07) is 0. The Morgan fingerprint density at radius 1 is 0.186 bits per heavy atom. The molecule has 0 radical (unpaired) electrons. The van der Waals surface area contributed by atoms with E-state index in [1.807, 2.05) is 0 Å². The Morgan fingerprint density at radius 2 is 0.322 bits per heavy atom. The van der Waals surface area contributed by atoms with Gasteiger partial charge in [0.05, 0.1) is 39.1 Å². The molecule has 0 aromatic rings. The van der Waals surface area contributed by atoms with Gasteiger partial charge in [0.15, 0.2) is 0 Å². The molecule has 356 valence electrons. The highest BCUT2D eigenvalue weighted by Gasteiger charge is 2.43. The fraction of sp³-hybridized carbons (Fsp3) is 1.00. The molecule has 0 bridgehead atoms. The minimum atomic E-state index is -3.27. The van der Waals surface area contributed by atoms with Crippen molar-refractivity contribution in [1.82, 2.24) is 0 Å². The molecule has 0 aliphatic rings. The molecule has 0 spiro atoms. The van der Waals surface area contributed by atoms with E-state index in [9.17, 15) is 0 Å². The fourth-order valence-electron chi connectivity index (χ4n) is 9.38. The predicted octanol–water partition coefficient (Wildman–Crippen LogP) is 20.5. The third-order valence-electron chi connectivity index (χ3n) is 13.1. The Balaban J connectivity index is 6.79. The summed E-state index contributed by atoms with van der Waals surface area (Å²) in [5.74, 6) is 0.744. The van der Waals surface area contributed by atoms with Gasteiger partial charge in [-0.05, 0) is 38.5 Å². The van der Waals surface area contributed by atoms with Crippen LogP contribution >= 0.6 is 28.6 Å². The molecule has 0 aromatic carbocycles. The first-order valence-electron chi connectivity index (χ1n) is 26.8. The Hall–Kier alpha value is 0.920. The minimum Gasteiger partial charge on any atom is -0.323 e. The maximum Gasteiger partial charge on any atom is 0.109 e. The van der Waals surface area contributed by atoms with Gasteiger partial charge >= 0.3 is 0 Å². The van der Waals surface area contributed by atoms with Crippen LogP contribution < -0.4 is 0 Å². The van der Waals surface area contributed by atoms with Crippen molar-refractivity contribution in [2.45, 2.75) is 273 Å². The van der Waals surface area contributed by atoms with Crippen LogP contribution in [0.15, 0.2) is 0 Å². The summed E-state index contributed by atoms with van der Waals surface area (Å²) in [4.78, 5) is 0. The lowest BCUT2D eigenvalue weighted by Gasteiger charge is -2.32. The molecule has 8 heteroatoms. The van der Waals surface area contributed by atoms with E-state index in [-0.39, 0.29) is 17.7 Å². The largest absolute Gasteiger partial charge is 0.323 e. The summed E-state index contributed by atoms with van der Waals surface area (Å²) in [7, 11) is -11.7. The van der Waals surface area contributed by atoms with Crippen LogP contribution in [0.4, 0.5) is 0 Å². The second-order valence-electron chi connectivity index (χ2n) is 19.6. The van der Waals surface area contributed by atoms with E-state index in [2.05, 4.69) is 41.5 Å². The van der Waals surface area contributed by atoms with Gasteiger partial charge in [0.25, 0.3) is 0 Å². The molecule has 0 fully saturated rings. The van der Waals surface area contributed by atoms with E-state index in [0.717, 1.165) is 77.0 Å². The molecular weight excluding hydrogens is 800 g/mol. The van der Waals surface area contributed by atoms with Crippen molar-refractivity contribution in [2.75, 3.05) is 54.7 Å². The minimum absolute atomic E-state index is 0.248. The molecule has 0 atom stereocenters. The summed E-state index contributed by atoms with van der Waals surface area (Å²) < 4.78 is 62.6. The summed E-state index contributed by atoms with van der Waals surface area (Å²) in [6.07, 6.45) is 45.6. The van der Waals surface area contributed by atoms with Gasteiger partial charge in [-0.15, -0.1) is 0 Å². The van der Waals surface area contributed by atoms with Gasteiger partial charge in [-0.1, -0.05) is 234 Å². The highest BCUT2D eigenvalue weighted by molar-refractivity contribution is 7.92. The van der Waals surface area contributed by atoms with Crippen LogP contribution in [0.5, 0.6) is 0 Å². The van der Waals surface area contributed by atoms with Crippen LogP contribution in [0.25, 0.3) is 0 Å². The van der Waals surface area contributed by atoms with Crippen LogP contribution in [0.1, 0.15) is 273 Å². The zero-order valence-electron chi connectivity index (χ0n) is 41.2. The van der Waals surface area contributed by atoms with Crippen LogP contribution in [0.2, 0.25) is 0 Å². The van der Waals surface area contributed by atoms with Crippen LogP contribution in [-0.2, 0) is 18.3 Å². The predicted molar refractivity (Wildman–Crippen MR) is 274 cm³/mol. The molecule has 0 amide bonds. The fourth-order valence-corrected chi connectivity index (χ4v) is 33.0. The lowest BCUT2D eigenvalue weighted by molar-refractivity contribution is 0.556. The van der Waals surface area contributed by atoms with Gasteiger partial charge in [-0.2, -0.15) is 0 Å². The average molecular weight is 909 g/mol. The SMILES string of the molecule is CCCCCCCCP(=O)(CCCCCCCC)CP(=O)(CP(=O)(CCCCCCCC)CCCCCCCC)CP(=O)(CCCCCCCC)CCCCCCCC. The molecule has 4 nitrogen and oxygen atoms in total. The monoisotopic (exact) mass is 909 g/mol. The molecule has 0 saturated carbocycles. The summed E-state index contributed by atoms with van der Waals surface area (Å²) in [5, 5.41) is 0. The van der Waals surface area contributed by atoms with Crippen molar-refractivity contribution in [3.8, 4) is 0 Å². The molecule has 59 heavy (non-hydrogen) atoms. The zero-order chi connectivity index (χ0) is 43.8. The smallest absolute Gasteiger partial charge is 0.109 e. The molecule has 0 heterocycles. The zero-order valence-corrected chi connectivity index (χ0v) is 44.8. The summed E-state index contributed by atoms with van der Waals surface area (Å²) in [5.41, 5.74) is 0. The van der Waals surface area contributed by atoms with Crippen molar-refractivity contribution in [3.05, 3.63) is 0 Å². The van der Waals surface area contributed by atoms with Crippen molar-refractivity contribution in [1.29, 1.82) is 0 Å². The summed E-state index contributed by atoms with van der Waals surface area (Å²) >= 11 is 0. The molecule has 0 rings (SSSR count). The van der Waals surface area contributed by atoms with Crippen molar-refractivity contribution < 1.29 is 18.3 Å². The van der Waals surface area contributed by atoms with Gasteiger partial charge in [-0.3, -0.25) is 0 Å². The Morgan fingerprint density at radius 3 is 0.475 bits per heavy atom. The third kappa shape index (κ3) is 35.9. The Labute approximate surface area is 372 Å². The Kier molecular flexibility index (Phi) is 41.1. The first-order chi connectivity index (χ1) is 28.5. The maximum atomic E-state index is 16.2. The molecule has 0 saturated heterocycles. The first kappa shape index (κ1) is 59.9. The molecule has 0 N–H and O–H groups in total. The second-order valence-corrected chi connectivity index (χ2v) is 34.1. The van der Waals surface area contributed by atoms with E-state index in [1.54, 1.807) is 0 Å². The average Bonchev–Trinajstić information content (AvgIpc) is 3.19. The van der Waals surface area contributed by atoms with Crippen molar-refractivity contribution in [2.24, 2.45) is 0 Å². The van der Waals surface area contributed by atoms with Crippen molar-refractivity contribution in [3.63, 3.8) is 0 Å². The normalized spacial score (nSPS) is 12.8. The van der Waals surface area contributed by atoms with Gasteiger partial charge in [-0.25, -0.2) is 0 Å². The van der Waals surface area contributed by atoms with Gasteiger partial charge in [0.2, 0.25) is 0 Å². The standard InChI is InChI=1S/C51H108O4P4/c1-7-13-19-25-31-37-43-56(52,44-38-32-26-20-14-8-2)49-59(55,50-57(53,45-39-33-27-21-15-9-3)46-40-34-28-22-16-10-4)51-58(54,47-41-35-29-23-17-11-5)48-42-36-30-24-18-12-6/h7-51H2,1-6H3. The molecule has 0 aromatic heterocycles. The van der Waals surface area contributed by atoms with Gasteiger partial charge in [0.1, 0.15) is 7.14 Å². The maximum absolute atomic E-state index is 16.2. The quantitative estimate of drug-likeness (QED) is 0.0451. The molecule has 0 unspecified atom stereocenters. The van der Waals surface area contributed by atoms with Crippen LogP contribution in [0.3, 0.4) is 0 Å². The van der Waals surface area contributed by atoms with Crippen LogP contribution in [0, 0.1) is 0 Å². The van der Waals surface area contributed by atoms with Gasteiger partial charge < -0.3 is 18.3 Å². The first-order valence-corrected chi connectivity index (χ1v) is 35.8. The lowest BCUT2D eigenvalue weighted by atomic mass is 10.1. The van der Waals surface area contributed by atoms with Gasteiger partial charge in [0, 0.05) is 37.0 Å². The van der Waals surface area contributed by atoms with E-state index < -0.39 is 28.6 Å². The highest BCUT2D eigenvalue weighted by Crippen LogP contribution is 2.74. The van der Waals surface area contributed by atoms with E-state index in [0.29, 0.717) is 37.0 Å². The van der Waals surface area contributed by atoms with Crippen LogP contribution in [-0.4, -0.2) is 54.7 Å². The number of unbranched alkanes of at least 4 members (excludes halogenated alkanes) is 30. The lowest BCUT2D eigenvalue weighted by Crippen LogP contribution is -2.12. The van der Waals surface area contributed by atoms with E-state index >= 15 is 18.3 Å². The van der Waals surface area contributed by atoms with E-state index in [4.69, 9.17) is 0 Å². The second kappa shape index (κ2) is 40.4. The molecule has 0 aliphatic carbocycles. The van der Waals surface area contributed by atoms with E-state index in [1.165, 1.54) is 154 Å². The molecule has 0 aliphatic heterocycles. The number of rotatable bonds is 48. The summed E-state index contributed by atoms with van der Waals surface area (Å²) in [6.45, 7) is 13.5. The topological polar surface area (TPSA) is 68.3 Å².